The van der Waals surface area contributed by atoms with Gasteiger partial charge in [-0.15, -0.1) is 0 Å². The highest BCUT2D eigenvalue weighted by atomic mass is 16.5. The highest BCUT2D eigenvalue weighted by Gasteiger charge is 2.25. The second-order valence-corrected chi connectivity index (χ2v) is 7.27. The van der Waals surface area contributed by atoms with Gasteiger partial charge in [0.15, 0.2) is 0 Å². The third-order valence-corrected chi connectivity index (χ3v) is 4.85. The average Bonchev–Trinajstić information content (AvgIpc) is 2.61. The summed E-state index contributed by atoms with van der Waals surface area (Å²) in [6.45, 7) is 9.91. The van der Waals surface area contributed by atoms with Gasteiger partial charge in [-0.05, 0) is 70.0 Å². The molecule has 140 valence electrons. The Labute approximate surface area is 152 Å². The minimum atomic E-state index is -0.00700. The van der Waals surface area contributed by atoms with Gasteiger partial charge in [-0.1, -0.05) is 13.8 Å². The summed E-state index contributed by atoms with van der Waals surface area (Å²) in [4.78, 5) is 16.8. The molecule has 2 amide bonds. The molecular weight excluding hydrogens is 314 g/mol. The van der Waals surface area contributed by atoms with Crippen molar-refractivity contribution < 1.29 is 9.53 Å². The molecule has 1 aliphatic heterocycles. The number of ether oxygens (including phenoxy) is 1. The number of amides is 2. The molecule has 1 saturated heterocycles. The lowest BCUT2D eigenvalue weighted by molar-refractivity contribution is 0.137. The number of carbonyl (C=O) groups is 1. The fraction of sp³-hybridized carbons (Fsp3) is 0.650. The molecule has 5 heteroatoms. The standard InChI is InChI=1S/C20H33N3O2/c1-5-25-19-8-6-17(7-9-19)21-20(24)23-14-11-18(12-15-23)22(4)13-10-16(2)3/h6-9,16,18H,5,10-15H2,1-4H3,(H,21,24). The van der Waals surface area contributed by atoms with E-state index in [1.165, 1.54) is 6.42 Å². The first-order valence-corrected chi connectivity index (χ1v) is 9.48. The smallest absolute Gasteiger partial charge is 0.321 e. The fourth-order valence-electron chi connectivity index (χ4n) is 3.16. The van der Waals surface area contributed by atoms with Crippen molar-refractivity contribution in [2.45, 2.75) is 46.1 Å². The van der Waals surface area contributed by atoms with Crippen molar-refractivity contribution in [3.63, 3.8) is 0 Å². The number of hydrogen-bond donors (Lipinski definition) is 1. The fourth-order valence-corrected chi connectivity index (χ4v) is 3.16. The predicted octanol–water partition coefficient (Wildman–Crippen LogP) is 4.06. The number of piperidine rings is 1. The van der Waals surface area contributed by atoms with Crippen molar-refractivity contribution in [2.75, 3.05) is 38.6 Å². The molecule has 0 saturated carbocycles. The second kappa shape index (κ2) is 9.66. The lowest BCUT2D eigenvalue weighted by Gasteiger charge is -2.37. The molecular formula is C20H33N3O2. The number of likely N-dealkylation sites (tertiary alicyclic amines) is 1. The third kappa shape index (κ3) is 6.24. The number of nitrogens with one attached hydrogen (secondary N) is 1. The monoisotopic (exact) mass is 347 g/mol. The molecule has 0 radical (unpaired) electrons. The lowest BCUT2D eigenvalue weighted by Crippen LogP contribution is -2.47. The lowest BCUT2D eigenvalue weighted by atomic mass is 10.0. The summed E-state index contributed by atoms with van der Waals surface area (Å²) in [6, 6.07) is 8.12. The van der Waals surface area contributed by atoms with Gasteiger partial charge in [0.25, 0.3) is 0 Å². The van der Waals surface area contributed by atoms with Crippen LogP contribution in [0, 0.1) is 5.92 Å². The molecule has 25 heavy (non-hydrogen) atoms. The van der Waals surface area contributed by atoms with Crippen LogP contribution >= 0.6 is 0 Å². The molecule has 1 aromatic rings. The van der Waals surface area contributed by atoms with Gasteiger partial charge in [0.1, 0.15) is 5.75 Å². The van der Waals surface area contributed by atoms with E-state index in [0.29, 0.717) is 12.6 Å². The van der Waals surface area contributed by atoms with E-state index in [1.807, 2.05) is 36.1 Å². The molecule has 1 N–H and O–H groups in total. The molecule has 1 aromatic carbocycles. The van der Waals surface area contributed by atoms with Gasteiger partial charge in [0.2, 0.25) is 0 Å². The molecule has 0 spiro atoms. The zero-order chi connectivity index (χ0) is 18.2. The summed E-state index contributed by atoms with van der Waals surface area (Å²) in [7, 11) is 2.21. The molecule has 0 atom stereocenters. The van der Waals surface area contributed by atoms with Crippen LogP contribution in [0.3, 0.4) is 0 Å². The Bertz CT molecular complexity index is 522. The highest BCUT2D eigenvalue weighted by Crippen LogP contribution is 2.19. The number of nitrogens with zero attached hydrogens (tertiary/aromatic N) is 2. The van der Waals surface area contributed by atoms with Crippen LogP contribution in [0.15, 0.2) is 24.3 Å². The summed E-state index contributed by atoms with van der Waals surface area (Å²) < 4.78 is 5.42. The van der Waals surface area contributed by atoms with E-state index in [9.17, 15) is 4.79 Å². The Kier molecular flexibility index (Phi) is 7.56. The van der Waals surface area contributed by atoms with Crippen LogP contribution < -0.4 is 10.1 Å². The summed E-state index contributed by atoms with van der Waals surface area (Å²) in [6.07, 6.45) is 3.32. The molecule has 2 rings (SSSR count). The maximum Gasteiger partial charge on any atom is 0.321 e. The summed E-state index contributed by atoms with van der Waals surface area (Å²) in [5.41, 5.74) is 0.810. The minimum absolute atomic E-state index is 0.00700. The van der Waals surface area contributed by atoms with Crippen molar-refractivity contribution in [1.82, 2.24) is 9.80 Å². The van der Waals surface area contributed by atoms with Gasteiger partial charge < -0.3 is 19.9 Å². The Morgan fingerprint density at radius 3 is 2.48 bits per heavy atom. The Morgan fingerprint density at radius 2 is 1.92 bits per heavy atom. The largest absolute Gasteiger partial charge is 0.494 e. The van der Waals surface area contributed by atoms with Crippen molar-refractivity contribution in [3.05, 3.63) is 24.3 Å². The average molecular weight is 348 g/mol. The topological polar surface area (TPSA) is 44.8 Å². The molecule has 0 unspecified atom stereocenters. The van der Waals surface area contributed by atoms with E-state index < -0.39 is 0 Å². The van der Waals surface area contributed by atoms with Crippen LogP contribution in [0.25, 0.3) is 0 Å². The van der Waals surface area contributed by atoms with Gasteiger partial charge in [0.05, 0.1) is 6.61 Å². The van der Waals surface area contributed by atoms with Crippen LogP contribution in [-0.4, -0.2) is 55.2 Å². The van der Waals surface area contributed by atoms with Gasteiger partial charge in [-0.2, -0.15) is 0 Å². The number of benzene rings is 1. The van der Waals surface area contributed by atoms with Crippen LogP contribution in [0.1, 0.15) is 40.0 Å². The minimum Gasteiger partial charge on any atom is -0.494 e. The maximum atomic E-state index is 12.4. The van der Waals surface area contributed by atoms with Crippen molar-refractivity contribution in [3.8, 4) is 5.75 Å². The molecule has 0 aliphatic carbocycles. The summed E-state index contributed by atoms with van der Waals surface area (Å²) >= 11 is 0. The Hall–Kier alpha value is -1.75. The highest BCUT2D eigenvalue weighted by molar-refractivity contribution is 5.89. The molecule has 0 aromatic heterocycles. The SMILES string of the molecule is CCOc1ccc(NC(=O)N2CCC(N(C)CCC(C)C)CC2)cc1. The maximum absolute atomic E-state index is 12.4. The molecule has 1 aliphatic rings. The van der Waals surface area contributed by atoms with Gasteiger partial charge in [-0.3, -0.25) is 0 Å². The van der Waals surface area contributed by atoms with Crippen LogP contribution in [0.2, 0.25) is 0 Å². The molecule has 1 fully saturated rings. The van der Waals surface area contributed by atoms with E-state index in [4.69, 9.17) is 4.74 Å². The van der Waals surface area contributed by atoms with Crippen molar-refractivity contribution >= 4 is 11.7 Å². The third-order valence-electron chi connectivity index (χ3n) is 4.85. The first kappa shape index (κ1) is 19.6. The first-order valence-electron chi connectivity index (χ1n) is 9.48. The zero-order valence-corrected chi connectivity index (χ0v) is 16.1. The normalized spacial score (nSPS) is 15.7. The number of carbonyl (C=O) groups excluding carboxylic acids is 1. The number of anilines is 1. The van der Waals surface area contributed by atoms with Gasteiger partial charge in [0, 0.05) is 24.8 Å². The van der Waals surface area contributed by atoms with E-state index in [-0.39, 0.29) is 6.03 Å². The van der Waals surface area contributed by atoms with Crippen molar-refractivity contribution in [1.29, 1.82) is 0 Å². The summed E-state index contributed by atoms with van der Waals surface area (Å²) in [5.74, 6) is 1.56. The number of rotatable bonds is 7. The number of hydrogen-bond acceptors (Lipinski definition) is 3. The number of urea groups is 1. The first-order chi connectivity index (χ1) is 12.0. The molecule has 0 bridgehead atoms. The molecule has 1 heterocycles. The Morgan fingerprint density at radius 1 is 1.28 bits per heavy atom. The molecule has 5 nitrogen and oxygen atoms in total. The van der Waals surface area contributed by atoms with Gasteiger partial charge in [-0.25, -0.2) is 4.79 Å². The van der Waals surface area contributed by atoms with Crippen LogP contribution in [-0.2, 0) is 0 Å². The quantitative estimate of drug-likeness (QED) is 0.809. The zero-order valence-electron chi connectivity index (χ0n) is 16.1. The summed E-state index contributed by atoms with van der Waals surface area (Å²) in [5, 5.41) is 2.98. The van der Waals surface area contributed by atoms with Gasteiger partial charge >= 0.3 is 6.03 Å². The van der Waals surface area contributed by atoms with E-state index in [1.54, 1.807) is 0 Å². The van der Waals surface area contributed by atoms with E-state index >= 15 is 0 Å². The second-order valence-electron chi connectivity index (χ2n) is 7.27. The van der Waals surface area contributed by atoms with Crippen LogP contribution in [0.5, 0.6) is 5.75 Å². The van der Waals surface area contributed by atoms with Crippen molar-refractivity contribution in [2.24, 2.45) is 5.92 Å². The van der Waals surface area contributed by atoms with E-state index in [2.05, 4.69) is 31.1 Å². The van der Waals surface area contributed by atoms with E-state index in [0.717, 1.165) is 49.8 Å². The van der Waals surface area contributed by atoms with Crippen LogP contribution in [0.4, 0.5) is 10.5 Å². The Balaban J connectivity index is 1.77. The predicted molar refractivity (Wildman–Crippen MR) is 103 cm³/mol.